The van der Waals surface area contributed by atoms with Crippen molar-refractivity contribution in [2.75, 3.05) is 6.54 Å². The Kier molecular flexibility index (Phi) is 7.08. The average molecular weight is 339 g/mol. The van der Waals surface area contributed by atoms with Crippen LogP contribution in [0, 0.1) is 5.92 Å². The van der Waals surface area contributed by atoms with Crippen LogP contribution in [0.15, 0.2) is 9.85 Å². The zero-order valence-corrected chi connectivity index (χ0v) is 13.9. The van der Waals surface area contributed by atoms with E-state index in [1.807, 2.05) is 0 Å². The molecule has 0 aliphatic rings. The van der Waals surface area contributed by atoms with Gasteiger partial charge < -0.3 is 5.32 Å². The van der Waals surface area contributed by atoms with Gasteiger partial charge in [-0.1, -0.05) is 32.4 Å². The predicted molar refractivity (Wildman–Crippen MR) is 82.1 cm³/mol. The van der Waals surface area contributed by atoms with Crippen LogP contribution in [-0.4, -0.2) is 6.54 Å². The second kappa shape index (κ2) is 7.78. The molecule has 1 N–H and O–H groups in total. The van der Waals surface area contributed by atoms with Gasteiger partial charge in [0.2, 0.25) is 0 Å². The third-order valence-corrected chi connectivity index (χ3v) is 5.27. The first-order valence-corrected chi connectivity index (χ1v) is 8.21. The highest BCUT2D eigenvalue weighted by Gasteiger charge is 2.15. The molecular weight excluding hydrogens is 318 g/mol. The van der Waals surface area contributed by atoms with Gasteiger partial charge in [-0.25, -0.2) is 0 Å². The van der Waals surface area contributed by atoms with Crippen molar-refractivity contribution < 1.29 is 0 Å². The maximum Gasteiger partial charge on any atom is 0.0887 e. The molecule has 0 radical (unpaired) electrons. The van der Waals surface area contributed by atoms with Crippen molar-refractivity contribution in [2.45, 2.75) is 46.1 Å². The lowest BCUT2D eigenvalue weighted by atomic mass is 10.0. The van der Waals surface area contributed by atoms with Crippen molar-refractivity contribution in [1.29, 1.82) is 0 Å². The standard InChI is InChI=1S/C13H21BrClNS/c1-4-7-16-11(6-5-9(2)3)12-8-10(15)13(14)17-12/h8-9,11,16H,4-7H2,1-3H3. The van der Waals surface area contributed by atoms with Gasteiger partial charge in [0.05, 0.1) is 8.81 Å². The topological polar surface area (TPSA) is 12.0 Å². The van der Waals surface area contributed by atoms with Gasteiger partial charge in [-0.15, -0.1) is 11.3 Å². The van der Waals surface area contributed by atoms with E-state index in [-0.39, 0.29) is 0 Å². The van der Waals surface area contributed by atoms with Gasteiger partial charge >= 0.3 is 0 Å². The minimum absolute atomic E-state index is 0.450. The largest absolute Gasteiger partial charge is 0.309 e. The third-order valence-electron chi connectivity index (χ3n) is 2.68. The molecule has 0 saturated heterocycles. The van der Waals surface area contributed by atoms with Crippen molar-refractivity contribution in [3.05, 3.63) is 19.8 Å². The van der Waals surface area contributed by atoms with Crippen LogP contribution in [0.3, 0.4) is 0 Å². The molecule has 0 spiro atoms. The minimum Gasteiger partial charge on any atom is -0.309 e. The van der Waals surface area contributed by atoms with E-state index in [0.717, 1.165) is 21.3 Å². The molecule has 4 heteroatoms. The molecule has 17 heavy (non-hydrogen) atoms. The lowest BCUT2D eigenvalue weighted by Crippen LogP contribution is -2.21. The minimum atomic E-state index is 0.450. The molecule has 98 valence electrons. The number of halogens is 2. The Balaban J connectivity index is 2.67. The SMILES string of the molecule is CCCNC(CCC(C)C)c1cc(Cl)c(Br)s1. The first kappa shape index (κ1) is 15.5. The van der Waals surface area contributed by atoms with Crippen molar-refractivity contribution in [3.8, 4) is 0 Å². The fourth-order valence-corrected chi connectivity index (χ4v) is 3.56. The highest BCUT2D eigenvalue weighted by Crippen LogP contribution is 2.36. The van der Waals surface area contributed by atoms with Gasteiger partial charge in [-0.2, -0.15) is 0 Å². The van der Waals surface area contributed by atoms with Crippen LogP contribution in [0.2, 0.25) is 5.02 Å². The molecular formula is C13H21BrClNS. The molecule has 1 aromatic heterocycles. The number of rotatable bonds is 7. The molecule has 0 aliphatic heterocycles. The normalized spacial score (nSPS) is 13.3. The van der Waals surface area contributed by atoms with E-state index in [1.165, 1.54) is 24.1 Å². The summed E-state index contributed by atoms with van der Waals surface area (Å²) in [7, 11) is 0. The van der Waals surface area contributed by atoms with E-state index in [2.05, 4.69) is 48.1 Å². The van der Waals surface area contributed by atoms with Crippen LogP contribution in [0.4, 0.5) is 0 Å². The van der Waals surface area contributed by atoms with Gasteiger partial charge in [-0.3, -0.25) is 0 Å². The quantitative estimate of drug-likeness (QED) is 0.678. The van der Waals surface area contributed by atoms with E-state index in [4.69, 9.17) is 11.6 Å². The van der Waals surface area contributed by atoms with E-state index in [0.29, 0.717) is 6.04 Å². The molecule has 0 amide bonds. The van der Waals surface area contributed by atoms with Gasteiger partial charge in [-0.05, 0) is 53.7 Å². The number of hydrogen-bond acceptors (Lipinski definition) is 2. The van der Waals surface area contributed by atoms with Crippen molar-refractivity contribution >= 4 is 38.9 Å². The summed E-state index contributed by atoms with van der Waals surface area (Å²) in [6, 6.07) is 2.54. The summed E-state index contributed by atoms with van der Waals surface area (Å²) >= 11 is 11.3. The van der Waals surface area contributed by atoms with Gasteiger partial charge in [0.25, 0.3) is 0 Å². The smallest absolute Gasteiger partial charge is 0.0887 e. The van der Waals surface area contributed by atoms with E-state index < -0.39 is 0 Å². The Morgan fingerprint density at radius 1 is 1.41 bits per heavy atom. The third kappa shape index (κ3) is 5.29. The highest BCUT2D eigenvalue weighted by atomic mass is 79.9. The highest BCUT2D eigenvalue weighted by molar-refractivity contribution is 9.11. The van der Waals surface area contributed by atoms with Crippen molar-refractivity contribution in [3.63, 3.8) is 0 Å². The number of hydrogen-bond donors (Lipinski definition) is 1. The molecule has 1 nitrogen and oxygen atoms in total. The van der Waals surface area contributed by atoms with Gasteiger partial charge in [0, 0.05) is 10.9 Å². The molecule has 0 fully saturated rings. The van der Waals surface area contributed by atoms with E-state index in [9.17, 15) is 0 Å². The zero-order chi connectivity index (χ0) is 12.8. The summed E-state index contributed by atoms with van der Waals surface area (Å²) in [5.41, 5.74) is 0. The summed E-state index contributed by atoms with van der Waals surface area (Å²) in [4.78, 5) is 1.34. The summed E-state index contributed by atoms with van der Waals surface area (Å²) in [5, 5.41) is 4.44. The summed E-state index contributed by atoms with van der Waals surface area (Å²) in [5.74, 6) is 0.750. The van der Waals surface area contributed by atoms with Gasteiger partial charge in [0.15, 0.2) is 0 Å². The molecule has 0 saturated carbocycles. The Morgan fingerprint density at radius 3 is 2.59 bits per heavy atom. The molecule has 1 rings (SSSR count). The van der Waals surface area contributed by atoms with Crippen LogP contribution in [0.1, 0.15) is 51.0 Å². The van der Waals surface area contributed by atoms with E-state index in [1.54, 1.807) is 11.3 Å². The summed E-state index contributed by atoms with van der Waals surface area (Å²) in [6.45, 7) is 7.81. The first-order valence-electron chi connectivity index (χ1n) is 6.22. The maximum atomic E-state index is 6.11. The Morgan fingerprint density at radius 2 is 2.12 bits per heavy atom. The Hall–Kier alpha value is 0.430. The van der Waals surface area contributed by atoms with E-state index >= 15 is 0 Å². The van der Waals surface area contributed by atoms with Gasteiger partial charge in [0.1, 0.15) is 0 Å². The molecule has 1 heterocycles. The summed E-state index contributed by atoms with van der Waals surface area (Å²) in [6.07, 6.45) is 3.59. The first-order chi connectivity index (χ1) is 8.04. The Labute approximate surface area is 122 Å². The fourth-order valence-electron chi connectivity index (χ4n) is 1.70. The van der Waals surface area contributed by atoms with Crippen molar-refractivity contribution in [2.24, 2.45) is 5.92 Å². The second-order valence-corrected chi connectivity index (χ2v) is 7.56. The average Bonchev–Trinajstić information content (AvgIpc) is 2.59. The fraction of sp³-hybridized carbons (Fsp3) is 0.692. The molecule has 1 unspecified atom stereocenters. The molecule has 0 bridgehead atoms. The summed E-state index contributed by atoms with van der Waals surface area (Å²) < 4.78 is 1.04. The lowest BCUT2D eigenvalue weighted by molar-refractivity contribution is 0.445. The molecule has 0 aliphatic carbocycles. The van der Waals surface area contributed by atoms with Crippen LogP contribution in [0.5, 0.6) is 0 Å². The molecule has 1 atom stereocenters. The van der Waals surface area contributed by atoms with Crippen LogP contribution >= 0.6 is 38.9 Å². The molecule has 1 aromatic rings. The molecule has 0 aromatic carbocycles. The number of thiophene rings is 1. The second-order valence-electron chi connectivity index (χ2n) is 4.75. The zero-order valence-electron chi connectivity index (χ0n) is 10.7. The maximum absolute atomic E-state index is 6.11. The van der Waals surface area contributed by atoms with Crippen molar-refractivity contribution in [1.82, 2.24) is 5.32 Å². The van der Waals surface area contributed by atoms with Crippen LogP contribution in [-0.2, 0) is 0 Å². The predicted octanol–water partition coefficient (Wildman–Crippen LogP) is 5.64. The lowest BCUT2D eigenvalue weighted by Gasteiger charge is -2.18. The number of nitrogens with one attached hydrogen (secondary N) is 1. The monoisotopic (exact) mass is 337 g/mol. The van der Waals surface area contributed by atoms with Crippen LogP contribution in [0.25, 0.3) is 0 Å². The Bertz CT molecular complexity index is 319. The van der Waals surface area contributed by atoms with Crippen LogP contribution < -0.4 is 5.32 Å².